The summed E-state index contributed by atoms with van der Waals surface area (Å²) in [5.74, 6) is 0.860. The number of nitrogens with zero attached hydrogens (tertiary/aromatic N) is 1. The molecule has 0 spiro atoms. The molecule has 0 saturated carbocycles. The maximum atomic E-state index is 3.89. The zero-order chi connectivity index (χ0) is 12.7. The molecule has 0 bridgehead atoms. The molecule has 0 aliphatic carbocycles. The highest BCUT2D eigenvalue weighted by Crippen LogP contribution is 2.15. The third-order valence-electron chi connectivity index (χ3n) is 4.30. The van der Waals surface area contributed by atoms with Gasteiger partial charge in [-0.3, -0.25) is 0 Å². The fourth-order valence-electron chi connectivity index (χ4n) is 2.82. The molecule has 1 N–H and O–H groups in total. The normalized spacial score (nSPS) is 25.8. The average molecular weight is 240 g/mol. The van der Waals surface area contributed by atoms with Crippen LogP contribution in [0.5, 0.6) is 0 Å². The van der Waals surface area contributed by atoms with Crippen LogP contribution in [-0.2, 0) is 0 Å². The van der Waals surface area contributed by atoms with Gasteiger partial charge in [0, 0.05) is 18.6 Å². The highest BCUT2D eigenvalue weighted by Gasteiger charge is 2.21. The third kappa shape index (κ3) is 5.39. The lowest BCUT2D eigenvalue weighted by molar-refractivity contribution is 0.184. The van der Waals surface area contributed by atoms with Crippen molar-refractivity contribution in [3.63, 3.8) is 0 Å². The van der Waals surface area contributed by atoms with Gasteiger partial charge in [0.2, 0.25) is 0 Å². The van der Waals surface area contributed by atoms with Crippen molar-refractivity contribution in [2.24, 2.45) is 5.92 Å². The molecule has 1 saturated heterocycles. The second-order valence-electron chi connectivity index (χ2n) is 5.75. The number of piperidine rings is 1. The molecule has 0 aromatic heterocycles. The Morgan fingerprint density at radius 3 is 2.59 bits per heavy atom. The first-order valence-electron chi connectivity index (χ1n) is 7.67. The van der Waals surface area contributed by atoms with Crippen molar-refractivity contribution in [1.29, 1.82) is 0 Å². The van der Waals surface area contributed by atoms with Gasteiger partial charge in [-0.1, -0.05) is 34.1 Å². The Morgan fingerprint density at radius 2 is 2.00 bits per heavy atom. The van der Waals surface area contributed by atoms with Gasteiger partial charge in [-0.2, -0.15) is 0 Å². The Bertz CT molecular complexity index is 191. The van der Waals surface area contributed by atoms with Gasteiger partial charge in [0.05, 0.1) is 0 Å². The fourth-order valence-corrected chi connectivity index (χ4v) is 2.82. The predicted octanol–water partition coefficient (Wildman–Crippen LogP) is 3.28. The molecular formula is C15H32N2. The zero-order valence-corrected chi connectivity index (χ0v) is 12.3. The summed E-state index contributed by atoms with van der Waals surface area (Å²) < 4.78 is 0. The summed E-state index contributed by atoms with van der Waals surface area (Å²) in [4.78, 5) is 2.58. The first kappa shape index (κ1) is 15.0. The van der Waals surface area contributed by atoms with E-state index in [4.69, 9.17) is 0 Å². The van der Waals surface area contributed by atoms with Gasteiger partial charge in [0.1, 0.15) is 0 Å². The van der Waals surface area contributed by atoms with Crippen LogP contribution in [-0.4, -0.2) is 36.6 Å². The SMILES string of the molecule is CCC(C)CC(CC)NC1CCCN(CC)C1. The van der Waals surface area contributed by atoms with Crippen molar-refractivity contribution in [2.75, 3.05) is 19.6 Å². The summed E-state index contributed by atoms with van der Waals surface area (Å²) in [5, 5.41) is 3.89. The van der Waals surface area contributed by atoms with E-state index >= 15 is 0 Å². The molecule has 2 heteroatoms. The zero-order valence-electron chi connectivity index (χ0n) is 12.3. The van der Waals surface area contributed by atoms with Crippen molar-refractivity contribution in [3.05, 3.63) is 0 Å². The quantitative estimate of drug-likeness (QED) is 0.735. The van der Waals surface area contributed by atoms with Gasteiger partial charge in [-0.15, -0.1) is 0 Å². The molecule has 0 aromatic carbocycles. The van der Waals surface area contributed by atoms with Crippen LogP contribution in [0.3, 0.4) is 0 Å². The van der Waals surface area contributed by atoms with E-state index in [-0.39, 0.29) is 0 Å². The van der Waals surface area contributed by atoms with E-state index in [0.29, 0.717) is 0 Å². The first-order chi connectivity index (χ1) is 8.19. The molecule has 0 amide bonds. The molecule has 1 heterocycles. The Morgan fingerprint density at radius 1 is 1.24 bits per heavy atom. The number of nitrogens with one attached hydrogen (secondary N) is 1. The van der Waals surface area contributed by atoms with Gasteiger partial charge in [-0.05, 0) is 44.7 Å². The van der Waals surface area contributed by atoms with Crippen LogP contribution in [0.25, 0.3) is 0 Å². The van der Waals surface area contributed by atoms with Gasteiger partial charge in [0.25, 0.3) is 0 Å². The lowest BCUT2D eigenvalue weighted by Gasteiger charge is -2.35. The summed E-state index contributed by atoms with van der Waals surface area (Å²) in [6.45, 7) is 13.0. The molecule has 3 unspecified atom stereocenters. The average Bonchev–Trinajstić information content (AvgIpc) is 2.37. The van der Waals surface area contributed by atoms with Gasteiger partial charge in [-0.25, -0.2) is 0 Å². The van der Waals surface area contributed by atoms with Crippen LogP contribution < -0.4 is 5.32 Å². The Kier molecular flexibility index (Phi) is 7.14. The Labute approximate surface area is 108 Å². The van der Waals surface area contributed by atoms with Crippen molar-refractivity contribution in [2.45, 2.75) is 71.9 Å². The summed E-state index contributed by atoms with van der Waals surface area (Å²) in [6.07, 6.45) is 6.66. The van der Waals surface area contributed by atoms with E-state index in [1.807, 2.05) is 0 Å². The minimum atomic E-state index is 0.728. The summed E-state index contributed by atoms with van der Waals surface area (Å²) >= 11 is 0. The van der Waals surface area contributed by atoms with Crippen molar-refractivity contribution in [3.8, 4) is 0 Å². The molecule has 1 rings (SSSR count). The Hall–Kier alpha value is -0.0800. The lowest BCUT2D eigenvalue weighted by Crippen LogP contribution is -2.49. The Balaban J connectivity index is 2.33. The summed E-state index contributed by atoms with van der Waals surface area (Å²) in [5.41, 5.74) is 0. The first-order valence-corrected chi connectivity index (χ1v) is 7.67. The number of rotatable bonds is 7. The van der Waals surface area contributed by atoms with E-state index in [9.17, 15) is 0 Å². The summed E-state index contributed by atoms with van der Waals surface area (Å²) in [7, 11) is 0. The number of hydrogen-bond acceptors (Lipinski definition) is 2. The maximum absolute atomic E-state index is 3.89. The maximum Gasteiger partial charge on any atom is 0.0198 e. The van der Waals surface area contributed by atoms with E-state index < -0.39 is 0 Å². The van der Waals surface area contributed by atoms with Crippen molar-refractivity contribution in [1.82, 2.24) is 10.2 Å². The minimum absolute atomic E-state index is 0.728. The molecule has 0 radical (unpaired) electrons. The summed E-state index contributed by atoms with van der Waals surface area (Å²) in [6, 6.07) is 1.46. The highest BCUT2D eigenvalue weighted by atomic mass is 15.2. The molecule has 102 valence electrons. The van der Waals surface area contributed by atoms with Crippen molar-refractivity contribution >= 4 is 0 Å². The van der Waals surface area contributed by atoms with E-state index in [0.717, 1.165) is 18.0 Å². The van der Waals surface area contributed by atoms with Gasteiger partial charge in [0.15, 0.2) is 0 Å². The third-order valence-corrected chi connectivity index (χ3v) is 4.30. The van der Waals surface area contributed by atoms with Gasteiger partial charge >= 0.3 is 0 Å². The number of likely N-dealkylation sites (N-methyl/N-ethyl adjacent to an activating group) is 1. The molecular weight excluding hydrogens is 208 g/mol. The monoisotopic (exact) mass is 240 g/mol. The van der Waals surface area contributed by atoms with Gasteiger partial charge < -0.3 is 10.2 Å². The van der Waals surface area contributed by atoms with Crippen molar-refractivity contribution < 1.29 is 0 Å². The van der Waals surface area contributed by atoms with Crippen LogP contribution in [0.1, 0.15) is 59.8 Å². The van der Waals surface area contributed by atoms with E-state index in [2.05, 4.69) is 37.9 Å². The number of hydrogen-bond donors (Lipinski definition) is 1. The topological polar surface area (TPSA) is 15.3 Å². The molecule has 17 heavy (non-hydrogen) atoms. The molecule has 2 nitrogen and oxygen atoms in total. The standard InChI is InChI=1S/C15H32N2/c1-5-13(4)11-14(6-2)16-15-9-8-10-17(7-3)12-15/h13-16H,5-12H2,1-4H3. The second kappa shape index (κ2) is 8.10. The van der Waals surface area contributed by atoms with Crippen LogP contribution in [0.2, 0.25) is 0 Å². The second-order valence-corrected chi connectivity index (χ2v) is 5.75. The highest BCUT2D eigenvalue weighted by molar-refractivity contribution is 4.81. The van der Waals surface area contributed by atoms with Crippen LogP contribution in [0.4, 0.5) is 0 Å². The van der Waals surface area contributed by atoms with Crippen LogP contribution in [0, 0.1) is 5.92 Å². The fraction of sp³-hybridized carbons (Fsp3) is 1.00. The molecule has 3 atom stereocenters. The molecule has 0 aromatic rings. The minimum Gasteiger partial charge on any atom is -0.310 e. The largest absolute Gasteiger partial charge is 0.310 e. The smallest absolute Gasteiger partial charge is 0.0198 e. The predicted molar refractivity (Wildman–Crippen MR) is 76.4 cm³/mol. The van der Waals surface area contributed by atoms with E-state index in [1.165, 1.54) is 51.7 Å². The van der Waals surface area contributed by atoms with E-state index in [1.54, 1.807) is 0 Å². The molecule has 1 aliphatic rings. The molecule has 1 aliphatic heterocycles. The molecule has 1 fully saturated rings. The lowest BCUT2D eigenvalue weighted by atomic mass is 9.96. The number of likely N-dealkylation sites (tertiary alicyclic amines) is 1. The van der Waals surface area contributed by atoms with Crippen LogP contribution >= 0.6 is 0 Å². The van der Waals surface area contributed by atoms with Crippen LogP contribution in [0.15, 0.2) is 0 Å².